The van der Waals surface area contributed by atoms with Gasteiger partial charge in [-0.25, -0.2) is 0 Å². The molecule has 0 aliphatic rings. The maximum Gasteiger partial charge on any atom is 0.303 e. The minimum absolute atomic E-state index is 0.0697. The van der Waals surface area contributed by atoms with Gasteiger partial charge in [0.1, 0.15) is 6.10 Å². The van der Waals surface area contributed by atoms with Crippen molar-refractivity contribution in [2.24, 2.45) is 5.92 Å². The first-order chi connectivity index (χ1) is 5.86. The van der Waals surface area contributed by atoms with Crippen LogP contribution in [0.15, 0.2) is 12.2 Å². The molecule has 3 nitrogen and oxygen atoms in total. The smallest absolute Gasteiger partial charge is 0.303 e. The molecule has 0 saturated carbocycles. The second-order valence-corrected chi connectivity index (χ2v) is 3.36. The lowest BCUT2D eigenvalue weighted by Gasteiger charge is -2.21. The number of carbonyl (C=O) groups is 2. The van der Waals surface area contributed by atoms with E-state index < -0.39 is 6.10 Å². The van der Waals surface area contributed by atoms with E-state index in [1.807, 2.05) is 13.8 Å². The van der Waals surface area contributed by atoms with Crippen LogP contribution in [0.25, 0.3) is 0 Å². The van der Waals surface area contributed by atoms with Crippen LogP contribution in [0.2, 0.25) is 0 Å². The largest absolute Gasteiger partial charge is 0.457 e. The maximum absolute atomic E-state index is 11.0. The molecule has 0 aromatic heterocycles. The summed E-state index contributed by atoms with van der Waals surface area (Å²) in [6.45, 7) is 10.1. The molecule has 0 amide bonds. The first-order valence-corrected chi connectivity index (χ1v) is 4.23. The highest BCUT2D eigenvalue weighted by Gasteiger charge is 2.22. The van der Waals surface area contributed by atoms with Gasteiger partial charge in [0.15, 0.2) is 5.78 Å². The first-order valence-electron chi connectivity index (χ1n) is 4.23. The van der Waals surface area contributed by atoms with E-state index in [1.54, 1.807) is 0 Å². The number of ether oxygens (including phenoxy) is 1. The van der Waals surface area contributed by atoms with Gasteiger partial charge in [-0.15, -0.1) is 0 Å². The van der Waals surface area contributed by atoms with Crippen LogP contribution in [0.1, 0.15) is 27.7 Å². The van der Waals surface area contributed by atoms with Crippen molar-refractivity contribution in [2.75, 3.05) is 0 Å². The Morgan fingerprint density at radius 3 is 1.92 bits per heavy atom. The lowest BCUT2D eigenvalue weighted by molar-refractivity contribution is -0.146. The Morgan fingerprint density at radius 1 is 1.23 bits per heavy atom. The van der Waals surface area contributed by atoms with E-state index in [1.165, 1.54) is 13.8 Å². The summed E-state index contributed by atoms with van der Waals surface area (Å²) < 4.78 is 4.98. The van der Waals surface area contributed by atoms with Gasteiger partial charge in [0, 0.05) is 12.5 Å². The van der Waals surface area contributed by atoms with Crippen LogP contribution in [0.3, 0.4) is 0 Å². The zero-order chi connectivity index (χ0) is 10.6. The number of hydrogen-bond acceptors (Lipinski definition) is 3. The van der Waals surface area contributed by atoms with Crippen LogP contribution in [-0.2, 0) is 14.3 Å². The number of rotatable bonds is 4. The van der Waals surface area contributed by atoms with E-state index in [4.69, 9.17) is 4.74 Å². The minimum Gasteiger partial charge on any atom is -0.457 e. The van der Waals surface area contributed by atoms with Crippen molar-refractivity contribution >= 4 is 11.8 Å². The summed E-state index contributed by atoms with van der Waals surface area (Å²) in [6, 6.07) is 0. The molecule has 0 radical (unpaired) electrons. The summed E-state index contributed by atoms with van der Waals surface area (Å²) in [4.78, 5) is 21.7. The average Bonchev–Trinajstić information content (AvgIpc) is 1.97. The third-order valence-corrected chi connectivity index (χ3v) is 1.69. The van der Waals surface area contributed by atoms with Crippen molar-refractivity contribution < 1.29 is 14.3 Å². The van der Waals surface area contributed by atoms with Crippen molar-refractivity contribution in [1.29, 1.82) is 0 Å². The van der Waals surface area contributed by atoms with E-state index >= 15 is 0 Å². The van der Waals surface area contributed by atoms with Crippen molar-refractivity contribution in [3.63, 3.8) is 0 Å². The Bertz CT molecular complexity index is 228. The van der Waals surface area contributed by atoms with Gasteiger partial charge in [-0.1, -0.05) is 20.4 Å². The topological polar surface area (TPSA) is 43.4 Å². The fraction of sp³-hybridized carbons (Fsp3) is 0.600. The van der Waals surface area contributed by atoms with Crippen LogP contribution in [0.5, 0.6) is 0 Å². The van der Waals surface area contributed by atoms with E-state index in [9.17, 15) is 9.59 Å². The van der Waals surface area contributed by atoms with E-state index in [-0.39, 0.29) is 17.7 Å². The molecular weight excluding hydrogens is 168 g/mol. The van der Waals surface area contributed by atoms with Crippen molar-refractivity contribution in [3.05, 3.63) is 12.2 Å². The van der Waals surface area contributed by atoms with Crippen LogP contribution in [-0.4, -0.2) is 17.9 Å². The van der Waals surface area contributed by atoms with E-state index in [0.29, 0.717) is 5.57 Å². The molecule has 13 heavy (non-hydrogen) atoms. The average molecular weight is 184 g/mol. The zero-order valence-corrected chi connectivity index (χ0v) is 8.59. The lowest BCUT2D eigenvalue weighted by atomic mass is 9.98. The molecule has 0 bridgehead atoms. The second kappa shape index (κ2) is 4.80. The summed E-state index contributed by atoms with van der Waals surface area (Å²) in [6.07, 6.45) is -0.491. The molecule has 0 N–H and O–H groups in total. The number of hydrogen-bond donors (Lipinski definition) is 0. The van der Waals surface area contributed by atoms with Gasteiger partial charge in [0.05, 0.1) is 0 Å². The third-order valence-electron chi connectivity index (χ3n) is 1.69. The van der Waals surface area contributed by atoms with Crippen LogP contribution in [0, 0.1) is 5.92 Å². The van der Waals surface area contributed by atoms with Gasteiger partial charge in [-0.3, -0.25) is 9.59 Å². The summed E-state index contributed by atoms with van der Waals surface area (Å²) >= 11 is 0. The third kappa shape index (κ3) is 3.87. The molecule has 0 spiro atoms. The Labute approximate surface area is 78.8 Å². The highest BCUT2D eigenvalue weighted by atomic mass is 16.5. The Balaban J connectivity index is 4.51. The van der Waals surface area contributed by atoms with Crippen LogP contribution >= 0.6 is 0 Å². The van der Waals surface area contributed by atoms with Crippen molar-refractivity contribution in [1.82, 2.24) is 0 Å². The lowest BCUT2D eigenvalue weighted by Crippen LogP contribution is -2.27. The van der Waals surface area contributed by atoms with Gasteiger partial charge in [0.25, 0.3) is 0 Å². The number of carbonyl (C=O) groups excluding carboxylic acids is 2. The molecule has 0 aromatic rings. The van der Waals surface area contributed by atoms with Gasteiger partial charge < -0.3 is 4.74 Å². The summed E-state index contributed by atoms with van der Waals surface area (Å²) in [5, 5.41) is 0. The fourth-order valence-corrected chi connectivity index (χ4v) is 0.989. The number of ketones is 1. The SMILES string of the molecule is C=C(C(C)=O)C(OC(C)=O)C(C)C. The minimum atomic E-state index is -0.491. The van der Waals surface area contributed by atoms with Gasteiger partial charge in [0.2, 0.25) is 0 Å². The Hall–Kier alpha value is -1.12. The monoisotopic (exact) mass is 184 g/mol. The summed E-state index contributed by atoms with van der Waals surface area (Å²) in [5.74, 6) is -0.457. The highest BCUT2D eigenvalue weighted by molar-refractivity contribution is 5.94. The second-order valence-electron chi connectivity index (χ2n) is 3.36. The molecule has 0 rings (SSSR count). The molecule has 0 fully saturated rings. The molecule has 1 atom stereocenters. The molecule has 0 aliphatic heterocycles. The van der Waals surface area contributed by atoms with Gasteiger partial charge in [-0.2, -0.15) is 0 Å². The number of Topliss-reactive ketones (excluding diaryl/α,β-unsaturated/α-hetero) is 1. The first kappa shape index (κ1) is 11.9. The predicted octanol–water partition coefficient (Wildman–Crippen LogP) is 1.72. The van der Waals surface area contributed by atoms with E-state index in [0.717, 1.165) is 0 Å². The van der Waals surface area contributed by atoms with Crippen LogP contribution in [0.4, 0.5) is 0 Å². The molecule has 0 aromatic carbocycles. The normalized spacial score (nSPS) is 12.4. The van der Waals surface area contributed by atoms with Gasteiger partial charge in [-0.05, 0) is 12.8 Å². The Morgan fingerprint density at radius 2 is 1.69 bits per heavy atom. The molecule has 0 saturated heterocycles. The summed E-state index contributed by atoms with van der Waals surface area (Å²) in [7, 11) is 0. The number of esters is 1. The maximum atomic E-state index is 11.0. The van der Waals surface area contributed by atoms with Crippen molar-refractivity contribution in [3.8, 4) is 0 Å². The molecule has 0 heterocycles. The molecule has 1 unspecified atom stereocenters. The zero-order valence-electron chi connectivity index (χ0n) is 8.59. The quantitative estimate of drug-likeness (QED) is 0.493. The standard InChI is InChI=1S/C10H16O3/c1-6(2)10(13-9(5)12)7(3)8(4)11/h6,10H,3H2,1-2,4-5H3. The van der Waals surface area contributed by atoms with Crippen LogP contribution < -0.4 is 0 Å². The van der Waals surface area contributed by atoms with Gasteiger partial charge >= 0.3 is 5.97 Å². The van der Waals surface area contributed by atoms with Crippen molar-refractivity contribution in [2.45, 2.75) is 33.8 Å². The summed E-state index contributed by atoms with van der Waals surface area (Å²) in [5.41, 5.74) is 0.352. The molecule has 3 heteroatoms. The van der Waals surface area contributed by atoms with E-state index in [2.05, 4.69) is 6.58 Å². The highest BCUT2D eigenvalue weighted by Crippen LogP contribution is 2.15. The molecule has 0 aliphatic carbocycles. The molecule has 74 valence electrons. The molecular formula is C10H16O3. The predicted molar refractivity (Wildman–Crippen MR) is 50.2 cm³/mol. The fourth-order valence-electron chi connectivity index (χ4n) is 0.989. The Kier molecular flexibility index (Phi) is 4.38.